The van der Waals surface area contributed by atoms with Gasteiger partial charge >= 0.3 is 0 Å². The lowest BCUT2D eigenvalue weighted by Gasteiger charge is -2.07. The molecule has 1 aliphatic rings. The Bertz CT molecular complexity index is 149. The van der Waals surface area contributed by atoms with Crippen molar-refractivity contribution in [3.63, 3.8) is 0 Å². The molecule has 2 nitrogen and oxygen atoms in total. The van der Waals surface area contributed by atoms with E-state index in [4.69, 9.17) is 5.73 Å². The van der Waals surface area contributed by atoms with Crippen LogP contribution in [-0.4, -0.2) is 6.54 Å². The van der Waals surface area contributed by atoms with Gasteiger partial charge in [-0.15, -0.1) is 0 Å². The molecule has 0 radical (unpaired) electrons. The maximum Gasteiger partial charge on any atom is 0.0973 e. The highest BCUT2D eigenvalue weighted by molar-refractivity contribution is 14.1. The van der Waals surface area contributed by atoms with Crippen LogP contribution in [0, 0.1) is 0 Å². The molecule has 1 heterocycles. The Labute approximate surface area is 62.0 Å². The van der Waals surface area contributed by atoms with Crippen LogP contribution in [0.4, 0.5) is 0 Å². The molecule has 0 aliphatic carbocycles. The molecule has 0 amide bonds. The molecule has 0 aromatic carbocycles. The number of allylic oxidation sites excluding steroid dienone is 2. The van der Waals surface area contributed by atoms with Gasteiger partial charge in [-0.25, -0.2) is 0 Å². The Morgan fingerprint density at radius 1 is 1.75 bits per heavy atom. The van der Waals surface area contributed by atoms with E-state index in [1.54, 1.807) is 0 Å². The van der Waals surface area contributed by atoms with Crippen LogP contribution in [0.2, 0.25) is 0 Å². The SMILES string of the molecule is NC1=CC(I)=CCN1. The summed E-state index contributed by atoms with van der Waals surface area (Å²) in [5, 5.41) is 2.97. The minimum absolute atomic E-state index is 0.761. The third-order valence-electron chi connectivity index (χ3n) is 0.897. The lowest BCUT2D eigenvalue weighted by molar-refractivity contribution is 0.873. The molecule has 0 aromatic rings. The quantitative estimate of drug-likeness (QED) is 0.592. The Morgan fingerprint density at radius 2 is 2.50 bits per heavy atom. The second kappa shape index (κ2) is 2.39. The van der Waals surface area contributed by atoms with Gasteiger partial charge in [-0.3, -0.25) is 0 Å². The number of nitrogens with one attached hydrogen (secondary N) is 1. The topological polar surface area (TPSA) is 38.0 Å². The third-order valence-corrected chi connectivity index (χ3v) is 1.65. The first kappa shape index (κ1) is 5.94. The maximum atomic E-state index is 5.43. The lowest BCUT2D eigenvalue weighted by atomic mass is 10.4. The first-order chi connectivity index (χ1) is 3.79. The zero-order chi connectivity index (χ0) is 5.98. The van der Waals surface area contributed by atoms with Gasteiger partial charge in [0.1, 0.15) is 0 Å². The molecule has 3 heteroatoms. The molecule has 0 atom stereocenters. The smallest absolute Gasteiger partial charge is 0.0973 e. The van der Waals surface area contributed by atoms with E-state index in [1.165, 1.54) is 3.58 Å². The molecule has 0 unspecified atom stereocenters. The number of dihydropyridines is 1. The molecule has 1 aliphatic heterocycles. The van der Waals surface area contributed by atoms with Crippen molar-refractivity contribution in [2.45, 2.75) is 0 Å². The van der Waals surface area contributed by atoms with Gasteiger partial charge in [0.2, 0.25) is 0 Å². The van der Waals surface area contributed by atoms with Crippen LogP contribution in [0.5, 0.6) is 0 Å². The zero-order valence-electron chi connectivity index (χ0n) is 4.32. The van der Waals surface area contributed by atoms with Gasteiger partial charge in [0, 0.05) is 10.1 Å². The lowest BCUT2D eigenvalue weighted by Crippen LogP contribution is -2.22. The number of rotatable bonds is 0. The Morgan fingerprint density at radius 3 is 2.88 bits per heavy atom. The van der Waals surface area contributed by atoms with Crippen LogP contribution in [0.25, 0.3) is 0 Å². The van der Waals surface area contributed by atoms with Crippen LogP contribution >= 0.6 is 22.6 Å². The van der Waals surface area contributed by atoms with Crippen molar-refractivity contribution in [2.24, 2.45) is 5.73 Å². The monoisotopic (exact) mass is 222 g/mol. The number of halogens is 1. The molecule has 1 rings (SSSR count). The summed E-state index contributed by atoms with van der Waals surface area (Å²) < 4.78 is 1.21. The zero-order valence-corrected chi connectivity index (χ0v) is 6.47. The fraction of sp³-hybridized carbons (Fsp3) is 0.200. The number of nitrogens with two attached hydrogens (primary N) is 1. The summed E-state index contributed by atoms with van der Waals surface area (Å²) in [7, 11) is 0. The van der Waals surface area contributed by atoms with Gasteiger partial charge in [0.25, 0.3) is 0 Å². The molecular weight excluding hydrogens is 215 g/mol. The van der Waals surface area contributed by atoms with Crippen LogP contribution in [0.15, 0.2) is 21.6 Å². The summed E-state index contributed by atoms with van der Waals surface area (Å²) >= 11 is 2.24. The second-order valence-electron chi connectivity index (χ2n) is 1.57. The number of hydrogen-bond donors (Lipinski definition) is 2. The molecule has 3 N–H and O–H groups in total. The van der Waals surface area contributed by atoms with E-state index in [0.717, 1.165) is 12.4 Å². The van der Waals surface area contributed by atoms with Crippen LogP contribution in [0.3, 0.4) is 0 Å². The van der Waals surface area contributed by atoms with Crippen molar-refractivity contribution >= 4 is 22.6 Å². The largest absolute Gasteiger partial charge is 0.386 e. The average Bonchev–Trinajstić information content (AvgIpc) is 1.64. The van der Waals surface area contributed by atoms with Gasteiger partial charge in [-0.1, -0.05) is 6.08 Å². The molecule has 0 aromatic heterocycles. The molecule has 0 fully saturated rings. The first-order valence-corrected chi connectivity index (χ1v) is 3.43. The summed E-state index contributed by atoms with van der Waals surface area (Å²) in [4.78, 5) is 0. The van der Waals surface area contributed by atoms with Crippen molar-refractivity contribution in [1.29, 1.82) is 0 Å². The summed E-state index contributed by atoms with van der Waals surface area (Å²) in [5.41, 5.74) is 5.43. The van der Waals surface area contributed by atoms with Gasteiger partial charge in [-0.05, 0) is 28.7 Å². The average molecular weight is 222 g/mol. The van der Waals surface area contributed by atoms with E-state index >= 15 is 0 Å². The van der Waals surface area contributed by atoms with Crippen molar-refractivity contribution in [3.8, 4) is 0 Å². The fourth-order valence-corrected chi connectivity index (χ4v) is 1.08. The molecule has 0 bridgehead atoms. The van der Waals surface area contributed by atoms with Crippen LogP contribution in [0.1, 0.15) is 0 Å². The van der Waals surface area contributed by atoms with Gasteiger partial charge < -0.3 is 11.1 Å². The maximum absolute atomic E-state index is 5.43. The Balaban J connectivity index is 2.69. The molecule has 44 valence electrons. The van der Waals surface area contributed by atoms with Gasteiger partial charge in [-0.2, -0.15) is 0 Å². The van der Waals surface area contributed by atoms with Crippen molar-refractivity contribution in [2.75, 3.05) is 6.54 Å². The molecule has 8 heavy (non-hydrogen) atoms. The van der Waals surface area contributed by atoms with E-state index < -0.39 is 0 Å². The summed E-state index contributed by atoms with van der Waals surface area (Å²) in [5.74, 6) is 0.761. The summed E-state index contributed by atoms with van der Waals surface area (Å²) in [6.07, 6.45) is 3.99. The fourth-order valence-electron chi connectivity index (χ4n) is 0.525. The third kappa shape index (κ3) is 1.40. The minimum Gasteiger partial charge on any atom is -0.386 e. The summed E-state index contributed by atoms with van der Waals surface area (Å²) in [6.45, 7) is 0.862. The minimum atomic E-state index is 0.761. The van der Waals surface area contributed by atoms with Crippen LogP contribution < -0.4 is 11.1 Å². The highest BCUT2D eigenvalue weighted by Gasteiger charge is 1.94. The summed E-state index contributed by atoms with van der Waals surface area (Å²) in [6, 6.07) is 0. The van der Waals surface area contributed by atoms with Crippen molar-refractivity contribution in [1.82, 2.24) is 5.32 Å². The predicted octanol–water partition coefficient (Wildman–Crippen LogP) is 0.709. The van der Waals surface area contributed by atoms with Crippen molar-refractivity contribution < 1.29 is 0 Å². The Kier molecular flexibility index (Phi) is 1.77. The van der Waals surface area contributed by atoms with E-state index in [9.17, 15) is 0 Å². The molecule has 0 spiro atoms. The van der Waals surface area contributed by atoms with E-state index in [1.807, 2.05) is 6.08 Å². The first-order valence-electron chi connectivity index (χ1n) is 2.36. The van der Waals surface area contributed by atoms with Crippen molar-refractivity contribution in [3.05, 3.63) is 21.6 Å². The highest BCUT2D eigenvalue weighted by atomic mass is 127. The van der Waals surface area contributed by atoms with Crippen LogP contribution in [-0.2, 0) is 0 Å². The Hall–Kier alpha value is -0.190. The standard InChI is InChI=1S/C5H7IN2/c6-4-1-2-8-5(7)3-4/h1,3,8H,2,7H2. The number of hydrogen-bond acceptors (Lipinski definition) is 2. The second-order valence-corrected chi connectivity index (χ2v) is 2.82. The van der Waals surface area contributed by atoms with E-state index in [-0.39, 0.29) is 0 Å². The molecule has 0 saturated carbocycles. The van der Waals surface area contributed by atoms with Gasteiger partial charge in [0.15, 0.2) is 0 Å². The normalized spacial score (nSPS) is 18.6. The van der Waals surface area contributed by atoms with E-state index in [2.05, 4.69) is 34.0 Å². The van der Waals surface area contributed by atoms with Gasteiger partial charge in [0.05, 0.1) is 5.82 Å². The highest BCUT2D eigenvalue weighted by Crippen LogP contribution is 2.09. The molecular formula is C5H7IN2. The predicted molar refractivity (Wildman–Crippen MR) is 42.4 cm³/mol. The molecule has 0 saturated heterocycles. The van der Waals surface area contributed by atoms with E-state index in [0.29, 0.717) is 0 Å².